The summed E-state index contributed by atoms with van der Waals surface area (Å²) < 4.78 is 10.3. The fraction of sp³-hybridized carbons (Fsp3) is 0.200. The number of carbonyl (C=O) groups excluding carboxylic acids is 3. The maximum Gasteiger partial charge on any atom is 0.350 e. The molecule has 1 aromatic heterocycles. The van der Waals surface area contributed by atoms with Crippen LogP contribution in [0.2, 0.25) is 5.02 Å². The zero-order valence-corrected chi connectivity index (χ0v) is 20.6. The first-order valence-corrected chi connectivity index (χ1v) is 11.8. The highest BCUT2D eigenvalue weighted by molar-refractivity contribution is 7.17. The van der Waals surface area contributed by atoms with Crippen molar-refractivity contribution in [2.75, 3.05) is 18.6 Å². The number of aromatic nitrogens is 1. The van der Waals surface area contributed by atoms with Gasteiger partial charge < -0.3 is 14.6 Å². The number of Topliss-reactive ketones (excluding diaryl/α,β-unsaturated/α-hetero) is 1. The zero-order valence-electron chi connectivity index (χ0n) is 19.1. The van der Waals surface area contributed by atoms with Crippen LogP contribution in [0.1, 0.15) is 39.5 Å². The van der Waals surface area contributed by atoms with Crippen molar-refractivity contribution in [1.82, 2.24) is 4.98 Å². The number of anilines is 1. The van der Waals surface area contributed by atoms with E-state index in [4.69, 9.17) is 21.1 Å². The largest absolute Gasteiger partial charge is 0.507 e. The SMILES string of the molecule is CCOc1cccc(/C(O)=C2\C(=O)C(=O)N(c3nc(C)c(C(=O)OC)s3)C2c2cccc(Cl)c2)c1. The summed E-state index contributed by atoms with van der Waals surface area (Å²) in [6.45, 7) is 3.86. The molecular weight excluding hydrogens is 492 g/mol. The molecule has 1 atom stereocenters. The number of methoxy groups -OCH3 is 1. The summed E-state index contributed by atoms with van der Waals surface area (Å²) in [5.74, 6) is -2.23. The molecule has 1 amide bonds. The first-order chi connectivity index (χ1) is 16.8. The lowest BCUT2D eigenvalue weighted by Gasteiger charge is -2.23. The summed E-state index contributed by atoms with van der Waals surface area (Å²) in [6.07, 6.45) is 0. The number of thiazole rings is 1. The van der Waals surface area contributed by atoms with E-state index in [0.29, 0.717) is 34.2 Å². The van der Waals surface area contributed by atoms with Gasteiger partial charge >= 0.3 is 11.9 Å². The molecule has 1 saturated heterocycles. The minimum Gasteiger partial charge on any atom is -0.507 e. The number of ether oxygens (including phenoxy) is 2. The highest BCUT2D eigenvalue weighted by Gasteiger charge is 2.48. The summed E-state index contributed by atoms with van der Waals surface area (Å²) in [5, 5.41) is 11.8. The van der Waals surface area contributed by atoms with Crippen molar-refractivity contribution in [1.29, 1.82) is 0 Å². The third kappa shape index (κ3) is 4.52. The van der Waals surface area contributed by atoms with Crippen LogP contribution in [0.3, 0.4) is 0 Å². The Hall–Kier alpha value is -3.69. The van der Waals surface area contributed by atoms with E-state index >= 15 is 0 Å². The van der Waals surface area contributed by atoms with Gasteiger partial charge in [0.1, 0.15) is 16.4 Å². The van der Waals surface area contributed by atoms with Crippen molar-refractivity contribution in [3.05, 3.63) is 80.8 Å². The van der Waals surface area contributed by atoms with Crippen LogP contribution in [0.25, 0.3) is 5.76 Å². The maximum atomic E-state index is 13.3. The molecule has 3 aromatic rings. The highest BCUT2D eigenvalue weighted by Crippen LogP contribution is 2.44. The topological polar surface area (TPSA) is 106 Å². The zero-order chi connectivity index (χ0) is 25.3. The molecule has 1 unspecified atom stereocenters. The van der Waals surface area contributed by atoms with Crippen molar-refractivity contribution >= 4 is 51.5 Å². The number of hydrogen-bond donors (Lipinski definition) is 1. The minimum atomic E-state index is -1.03. The first kappa shape index (κ1) is 24.4. The van der Waals surface area contributed by atoms with Crippen molar-refractivity contribution in [2.24, 2.45) is 0 Å². The van der Waals surface area contributed by atoms with Crippen LogP contribution < -0.4 is 9.64 Å². The Kier molecular flexibility index (Phi) is 6.90. The van der Waals surface area contributed by atoms with E-state index in [2.05, 4.69) is 4.98 Å². The van der Waals surface area contributed by atoms with Gasteiger partial charge in [-0.05, 0) is 43.7 Å². The van der Waals surface area contributed by atoms with E-state index in [1.54, 1.807) is 55.5 Å². The first-order valence-electron chi connectivity index (χ1n) is 10.6. The fourth-order valence-electron chi connectivity index (χ4n) is 3.84. The van der Waals surface area contributed by atoms with E-state index in [9.17, 15) is 19.5 Å². The molecule has 0 saturated carbocycles. The molecule has 2 aromatic carbocycles. The summed E-state index contributed by atoms with van der Waals surface area (Å²) in [4.78, 5) is 44.4. The standard InChI is InChI=1S/C25H21ClN2O6S/c1-4-34-17-10-6-8-15(12-17)20(29)18-19(14-7-5-9-16(26)11-14)28(23(31)21(18)30)25-27-13(2)22(35-25)24(32)33-3/h5-12,19,29H,4H2,1-3H3/b20-18+. The number of esters is 1. The number of rotatable bonds is 6. The Morgan fingerprint density at radius 1 is 1.20 bits per heavy atom. The Morgan fingerprint density at radius 2 is 1.94 bits per heavy atom. The molecule has 1 N–H and O–H groups in total. The van der Waals surface area contributed by atoms with E-state index < -0.39 is 23.7 Å². The van der Waals surface area contributed by atoms with Gasteiger partial charge in [0.2, 0.25) is 0 Å². The molecule has 180 valence electrons. The second-order valence-electron chi connectivity index (χ2n) is 7.59. The van der Waals surface area contributed by atoms with Gasteiger partial charge in [0.05, 0.1) is 31.0 Å². The molecule has 1 aliphatic rings. The van der Waals surface area contributed by atoms with Gasteiger partial charge in [0.15, 0.2) is 5.13 Å². The normalized spacial score (nSPS) is 17.0. The van der Waals surface area contributed by atoms with Gasteiger partial charge in [-0.25, -0.2) is 9.78 Å². The molecule has 10 heteroatoms. The van der Waals surface area contributed by atoms with Gasteiger partial charge in [0.25, 0.3) is 5.78 Å². The number of ketones is 1. The lowest BCUT2D eigenvalue weighted by Crippen LogP contribution is -2.29. The second kappa shape index (κ2) is 9.89. The fourth-order valence-corrected chi connectivity index (χ4v) is 5.06. The summed E-state index contributed by atoms with van der Waals surface area (Å²) in [6, 6.07) is 12.2. The van der Waals surface area contributed by atoms with Crippen LogP contribution in [0, 0.1) is 6.92 Å². The van der Waals surface area contributed by atoms with Crippen molar-refractivity contribution in [2.45, 2.75) is 19.9 Å². The van der Waals surface area contributed by atoms with Gasteiger partial charge in [-0.2, -0.15) is 0 Å². The summed E-state index contributed by atoms with van der Waals surface area (Å²) in [5.41, 5.74) is 1.03. The van der Waals surface area contributed by atoms with E-state index in [1.807, 2.05) is 6.92 Å². The molecule has 0 bridgehead atoms. The maximum absolute atomic E-state index is 13.3. The molecule has 35 heavy (non-hydrogen) atoms. The Bertz CT molecular complexity index is 1370. The van der Waals surface area contributed by atoms with E-state index in [0.717, 1.165) is 11.3 Å². The Balaban J connectivity index is 1.93. The highest BCUT2D eigenvalue weighted by atomic mass is 35.5. The second-order valence-corrected chi connectivity index (χ2v) is 9.00. The van der Waals surface area contributed by atoms with Gasteiger partial charge in [-0.1, -0.05) is 47.2 Å². The van der Waals surface area contributed by atoms with Crippen LogP contribution in [0.15, 0.2) is 54.1 Å². The molecule has 2 heterocycles. The molecule has 8 nitrogen and oxygen atoms in total. The summed E-state index contributed by atoms with van der Waals surface area (Å²) in [7, 11) is 1.25. The van der Waals surface area contributed by atoms with Crippen LogP contribution in [0.5, 0.6) is 5.75 Å². The van der Waals surface area contributed by atoms with Crippen molar-refractivity contribution in [3.63, 3.8) is 0 Å². The number of halogens is 1. The quantitative estimate of drug-likeness (QED) is 0.216. The molecule has 0 spiro atoms. The smallest absolute Gasteiger partial charge is 0.350 e. The molecule has 0 aliphatic carbocycles. The molecule has 4 rings (SSSR count). The summed E-state index contributed by atoms with van der Waals surface area (Å²) >= 11 is 7.15. The predicted octanol–water partition coefficient (Wildman–Crippen LogP) is 4.92. The molecular formula is C25H21ClN2O6S. The van der Waals surface area contributed by atoms with Gasteiger partial charge in [0, 0.05) is 10.6 Å². The van der Waals surface area contributed by atoms with Crippen molar-refractivity contribution in [3.8, 4) is 5.75 Å². The van der Waals surface area contributed by atoms with E-state index in [1.165, 1.54) is 12.0 Å². The average Bonchev–Trinajstić information content (AvgIpc) is 3.35. The average molecular weight is 513 g/mol. The number of amides is 1. The number of benzene rings is 2. The number of aryl methyl sites for hydroxylation is 1. The molecule has 1 aliphatic heterocycles. The van der Waals surface area contributed by atoms with E-state index in [-0.39, 0.29) is 21.3 Å². The third-order valence-electron chi connectivity index (χ3n) is 5.39. The van der Waals surface area contributed by atoms with Gasteiger partial charge in [-0.15, -0.1) is 0 Å². The minimum absolute atomic E-state index is 0.122. The third-order valence-corrected chi connectivity index (χ3v) is 6.76. The van der Waals surface area contributed by atoms with Crippen LogP contribution in [0.4, 0.5) is 5.13 Å². The Labute approximate surface area is 210 Å². The number of nitrogens with zero attached hydrogens (tertiary/aromatic N) is 2. The van der Waals surface area contributed by atoms with Crippen LogP contribution in [-0.2, 0) is 14.3 Å². The molecule has 0 radical (unpaired) electrons. The monoisotopic (exact) mass is 512 g/mol. The number of aliphatic hydroxyl groups excluding tert-OH is 1. The van der Waals surface area contributed by atoms with Crippen molar-refractivity contribution < 1.29 is 29.0 Å². The number of aliphatic hydroxyl groups is 1. The van der Waals surface area contributed by atoms with Gasteiger partial charge in [-0.3, -0.25) is 14.5 Å². The predicted molar refractivity (Wildman–Crippen MR) is 132 cm³/mol. The van der Waals surface area contributed by atoms with Crippen LogP contribution >= 0.6 is 22.9 Å². The molecule has 1 fully saturated rings. The lowest BCUT2D eigenvalue weighted by atomic mass is 9.95. The number of carbonyl (C=O) groups is 3. The van der Waals surface area contributed by atoms with Crippen LogP contribution in [-0.4, -0.2) is 41.5 Å². The number of hydrogen-bond acceptors (Lipinski definition) is 8. The Morgan fingerprint density at radius 3 is 2.63 bits per heavy atom. The lowest BCUT2D eigenvalue weighted by molar-refractivity contribution is -0.132.